The highest BCUT2D eigenvalue weighted by Crippen LogP contribution is 2.26. The second-order valence-electron chi connectivity index (χ2n) is 7.04. The van der Waals surface area contributed by atoms with Crippen molar-refractivity contribution in [3.05, 3.63) is 46.9 Å². The Morgan fingerprint density at radius 1 is 1.41 bits per heavy atom. The minimum Gasteiger partial charge on any atom is -0.354 e. The first-order valence-electron chi connectivity index (χ1n) is 9.26. The van der Waals surface area contributed by atoms with Crippen LogP contribution in [0, 0.1) is 11.2 Å². The molecule has 4 N–H and O–H groups in total. The molecule has 1 fully saturated rings. The van der Waals surface area contributed by atoms with Crippen LogP contribution in [0.1, 0.15) is 18.4 Å². The third kappa shape index (κ3) is 4.16. The van der Waals surface area contributed by atoms with Gasteiger partial charge in [0.25, 0.3) is 0 Å². The highest BCUT2D eigenvalue weighted by atomic mass is 35.5. The summed E-state index contributed by atoms with van der Waals surface area (Å²) < 4.78 is 13.4. The summed E-state index contributed by atoms with van der Waals surface area (Å²) in [4.78, 5) is 14.1. The normalized spacial score (nSPS) is 13.8. The zero-order valence-corrected chi connectivity index (χ0v) is 16.5. The van der Waals surface area contributed by atoms with E-state index < -0.39 is 5.82 Å². The summed E-state index contributed by atoms with van der Waals surface area (Å²) in [5.41, 5.74) is 1.51. The molecule has 4 rings (SSSR count). The molecule has 1 aromatic carbocycles. The number of aromatic amines is 1. The van der Waals surface area contributed by atoms with Crippen LogP contribution >= 0.6 is 11.6 Å². The summed E-state index contributed by atoms with van der Waals surface area (Å²) in [5.74, 6) is -0.270. The maximum absolute atomic E-state index is 13.4. The van der Waals surface area contributed by atoms with Gasteiger partial charge in [0.1, 0.15) is 5.82 Å². The van der Waals surface area contributed by atoms with Crippen molar-refractivity contribution in [3.63, 3.8) is 0 Å². The van der Waals surface area contributed by atoms with E-state index >= 15 is 0 Å². The van der Waals surface area contributed by atoms with Gasteiger partial charge in [-0.3, -0.25) is 10.6 Å². The molecule has 1 saturated carbocycles. The number of nitrogens with zero attached hydrogens (tertiary/aromatic N) is 4. The highest BCUT2D eigenvalue weighted by molar-refractivity contribution is 6.31. The summed E-state index contributed by atoms with van der Waals surface area (Å²) in [6, 6.07) is 6.01. The van der Waals surface area contributed by atoms with Gasteiger partial charge in [-0.1, -0.05) is 11.6 Å². The van der Waals surface area contributed by atoms with Crippen molar-refractivity contribution in [3.8, 4) is 0 Å². The lowest BCUT2D eigenvalue weighted by Gasteiger charge is -2.18. The van der Waals surface area contributed by atoms with Crippen LogP contribution in [0.25, 0.3) is 11.2 Å². The molecule has 3 aromatic rings. The standard InChI is InChI=1S/C19H21ClFN7O/c1-27(11-2-3-11)9-8-24-19-25-16-13(6-7-23-18(16)26-19)17(22)28(29)12-4-5-15(21)14(20)10-12/h4-7,10-11,22,29H,2-3,8-9H2,1H3,(H2,23,24,25,26). The van der Waals surface area contributed by atoms with Crippen LogP contribution in [0.15, 0.2) is 30.5 Å². The zero-order chi connectivity index (χ0) is 20.5. The molecule has 0 unspecified atom stereocenters. The molecule has 0 bridgehead atoms. The van der Waals surface area contributed by atoms with E-state index in [2.05, 4.69) is 32.2 Å². The Bertz CT molecular complexity index is 1050. The number of aromatic nitrogens is 3. The van der Waals surface area contributed by atoms with Crippen molar-refractivity contribution in [1.82, 2.24) is 19.9 Å². The predicted molar refractivity (Wildman–Crippen MR) is 111 cm³/mol. The molecule has 1 aliphatic carbocycles. The van der Waals surface area contributed by atoms with E-state index in [4.69, 9.17) is 17.0 Å². The summed E-state index contributed by atoms with van der Waals surface area (Å²) in [6.45, 7) is 1.62. The quantitative estimate of drug-likeness (QED) is 0.266. The molecule has 0 atom stereocenters. The molecule has 1 aliphatic rings. The average molecular weight is 418 g/mol. The number of hydrogen-bond donors (Lipinski definition) is 4. The highest BCUT2D eigenvalue weighted by Gasteiger charge is 2.25. The number of likely N-dealkylation sites (N-methyl/N-ethyl adjacent to an activating group) is 1. The Morgan fingerprint density at radius 3 is 2.93 bits per heavy atom. The minimum atomic E-state index is -0.599. The lowest BCUT2D eigenvalue weighted by molar-refractivity contribution is 0.312. The second kappa shape index (κ2) is 7.94. The number of amidine groups is 1. The van der Waals surface area contributed by atoms with Gasteiger partial charge in [0.15, 0.2) is 11.5 Å². The number of hydroxylamine groups is 1. The topological polar surface area (TPSA) is 104 Å². The molecular formula is C19H21ClFN7O. The smallest absolute Gasteiger partial charge is 0.202 e. The molecule has 0 aliphatic heterocycles. The molecule has 0 saturated heterocycles. The van der Waals surface area contributed by atoms with E-state index in [0.29, 0.717) is 33.8 Å². The van der Waals surface area contributed by atoms with Gasteiger partial charge in [-0.05, 0) is 44.2 Å². The number of halogens is 2. The summed E-state index contributed by atoms with van der Waals surface area (Å²) in [5, 5.41) is 22.5. The predicted octanol–water partition coefficient (Wildman–Crippen LogP) is 3.48. The van der Waals surface area contributed by atoms with Gasteiger partial charge in [-0.25, -0.2) is 14.4 Å². The summed E-state index contributed by atoms with van der Waals surface area (Å²) >= 11 is 5.78. The minimum absolute atomic E-state index is 0.140. The van der Waals surface area contributed by atoms with Crippen molar-refractivity contribution in [2.24, 2.45) is 0 Å². The van der Waals surface area contributed by atoms with Crippen LogP contribution in [-0.4, -0.2) is 57.1 Å². The van der Waals surface area contributed by atoms with Crippen molar-refractivity contribution in [1.29, 1.82) is 5.41 Å². The van der Waals surface area contributed by atoms with E-state index in [-0.39, 0.29) is 16.5 Å². The molecule has 29 heavy (non-hydrogen) atoms. The van der Waals surface area contributed by atoms with Crippen LogP contribution in [0.5, 0.6) is 0 Å². The zero-order valence-electron chi connectivity index (χ0n) is 15.8. The van der Waals surface area contributed by atoms with Gasteiger partial charge in [0, 0.05) is 30.9 Å². The van der Waals surface area contributed by atoms with Crippen LogP contribution in [0.2, 0.25) is 5.02 Å². The summed E-state index contributed by atoms with van der Waals surface area (Å²) in [6.07, 6.45) is 4.03. The lowest BCUT2D eigenvalue weighted by atomic mass is 10.2. The van der Waals surface area contributed by atoms with Crippen molar-refractivity contribution in [2.75, 3.05) is 30.5 Å². The van der Waals surface area contributed by atoms with Crippen LogP contribution in [-0.2, 0) is 0 Å². The number of imidazole rings is 1. The molecule has 152 valence electrons. The molecule has 8 nitrogen and oxygen atoms in total. The average Bonchev–Trinajstić information content (AvgIpc) is 3.48. The van der Waals surface area contributed by atoms with Gasteiger partial charge in [-0.2, -0.15) is 4.98 Å². The monoisotopic (exact) mass is 417 g/mol. The summed E-state index contributed by atoms with van der Waals surface area (Å²) in [7, 11) is 2.11. The third-order valence-corrected chi connectivity index (χ3v) is 5.22. The fourth-order valence-electron chi connectivity index (χ4n) is 3.10. The molecule has 0 amide bonds. The number of hydrogen-bond acceptors (Lipinski definition) is 6. The first-order chi connectivity index (χ1) is 13.9. The number of fused-ring (bicyclic) bond motifs is 1. The number of pyridine rings is 1. The van der Waals surface area contributed by atoms with Gasteiger partial charge < -0.3 is 15.2 Å². The van der Waals surface area contributed by atoms with E-state index in [1.165, 1.54) is 31.2 Å². The Morgan fingerprint density at radius 2 is 2.21 bits per heavy atom. The van der Waals surface area contributed by atoms with E-state index in [9.17, 15) is 9.60 Å². The number of nitrogens with one attached hydrogen (secondary N) is 3. The fraction of sp³-hybridized carbons (Fsp3) is 0.316. The first kappa shape index (κ1) is 19.6. The molecule has 10 heteroatoms. The Balaban J connectivity index is 1.52. The number of benzene rings is 1. The van der Waals surface area contributed by atoms with Crippen molar-refractivity contribution >= 4 is 40.2 Å². The van der Waals surface area contributed by atoms with E-state index in [0.717, 1.165) is 19.2 Å². The Kier molecular flexibility index (Phi) is 5.35. The van der Waals surface area contributed by atoms with Gasteiger partial charge >= 0.3 is 0 Å². The largest absolute Gasteiger partial charge is 0.354 e. The lowest BCUT2D eigenvalue weighted by Crippen LogP contribution is -2.27. The second-order valence-corrected chi connectivity index (χ2v) is 7.45. The fourth-order valence-corrected chi connectivity index (χ4v) is 3.28. The Hall–Kier alpha value is -2.75. The molecule has 0 radical (unpaired) electrons. The molecule has 2 aromatic heterocycles. The molecule has 2 heterocycles. The van der Waals surface area contributed by atoms with Crippen LogP contribution in [0.3, 0.4) is 0 Å². The SMILES string of the molecule is CN(CCNc1nc2nccc(C(=N)N(O)c3ccc(F)c(Cl)c3)c2[nH]1)C1CC1. The van der Waals surface area contributed by atoms with Crippen molar-refractivity contribution in [2.45, 2.75) is 18.9 Å². The number of H-pyrrole nitrogens is 1. The van der Waals surface area contributed by atoms with Crippen LogP contribution in [0.4, 0.5) is 16.0 Å². The maximum atomic E-state index is 13.4. The van der Waals surface area contributed by atoms with Crippen LogP contribution < -0.4 is 10.4 Å². The van der Waals surface area contributed by atoms with Gasteiger partial charge in [-0.15, -0.1) is 0 Å². The first-order valence-corrected chi connectivity index (χ1v) is 9.63. The maximum Gasteiger partial charge on any atom is 0.202 e. The molecule has 0 spiro atoms. The van der Waals surface area contributed by atoms with Gasteiger partial charge in [0.05, 0.1) is 16.2 Å². The van der Waals surface area contributed by atoms with E-state index in [1.807, 2.05) is 0 Å². The Labute approximate surface area is 171 Å². The van der Waals surface area contributed by atoms with Gasteiger partial charge in [0.2, 0.25) is 5.95 Å². The van der Waals surface area contributed by atoms with Crippen molar-refractivity contribution < 1.29 is 9.60 Å². The van der Waals surface area contributed by atoms with E-state index in [1.54, 1.807) is 6.07 Å². The number of anilines is 2. The molecular weight excluding hydrogens is 397 g/mol. The number of rotatable bonds is 7. The third-order valence-electron chi connectivity index (χ3n) is 4.93.